The number of hydrogen-bond donors (Lipinski definition) is 2. The summed E-state index contributed by atoms with van der Waals surface area (Å²) in [5.41, 5.74) is 0.139. The number of carbonyl (C=O) groups is 1. The monoisotopic (exact) mass is 199 g/mol. The quantitative estimate of drug-likeness (QED) is 0.719. The van der Waals surface area contributed by atoms with Gasteiger partial charge >= 0.3 is 5.97 Å². The summed E-state index contributed by atoms with van der Waals surface area (Å²) in [6, 6.07) is 4.70. The van der Waals surface area contributed by atoms with Crippen molar-refractivity contribution in [2.24, 2.45) is 5.14 Å². The van der Waals surface area contributed by atoms with Crippen LogP contribution in [0.5, 0.6) is 5.75 Å². The number of benzene rings is 1. The lowest BCUT2D eigenvalue weighted by atomic mass is 10.2. The van der Waals surface area contributed by atoms with E-state index < -0.39 is 5.97 Å². The summed E-state index contributed by atoms with van der Waals surface area (Å²) in [6.45, 7) is 0. The predicted octanol–water partition coefficient (Wildman–Crippen LogP) is 1.36. The summed E-state index contributed by atoms with van der Waals surface area (Å²) in [4.78, 5) is 11.4. The second-order valence-corrected chi connectivity index (χ2v) is 2.99. The third kappa shape index (κ3) is 2.13. The molecule has 0 unspecified atom stereocenters. The van der Waals surface area contributed by atoms with E-state index >= 15 is 0 Å². The maximum atomic E-state index is 10.7. The molecule has 0 spiro atoms. The number of methoxy groups -OCH3 is 1. The summed E-state index contributed by atoms with van der Waals surface area (Å²) < 4.78 is 4.90. The third-order valence-electron chi connectivity index (χ3n) is 1.54. The van der Waals surface area contributed by atoms with Gasteiger partial charge in [-0.1, -0.05) is 0 Å². The topological polar surface area (TPSA) is 72.5 Å². The largest absolute Gasteiger partial charge is 0.496 e. The number of ether oxygens (including phenoxy) is 1. The molecule has 0 aromatic heterocycles. The first-order chi connectivity index (χ1) is 6.19. The third-order valence-corrected chi connectivity index (χ3v) is 2.07. The minimum absolute atomic E-state index is 0.139. The Balaban J connectivity index is 3.15. The normalized spacial score (nSPS) is 9.69. The van der Waals surface area contributed by atoms with Crippen LogP contribution in [0.4, 0.5) is 0 Å². The van der Waals surface area contributed by atoms with Crippen LogP contribution in [0.25, 0.3) is 0 Å². The van der Waals surface area contributed by atoms with E-state index in [1.54, 1.807) is 12.1 Å². The highest BCUT2D eigenvalue weighted by molar-refractivity contribution is 7.97. The summed E-state index contributed by atoms with van der Waals surface area (Å²) in [5, 5.41) is 14.1. The van der Waals surface area contributed by atoms with Gasteiger partial charge in [0.15, 0.2) is 0 Å². The summed E-state index contributed by atoms with van der Waals surface area (Å²) in [7, 11) is 1.42. The molecule has 0 radical (unpaired) electrons. The van der Waals surface area contributed by atoms with Crippen molar-refractivity contribution in [3.63, 3.8) is 0 Å². The Labute approximate surface area is 79.8 Å². The fraction of sp³-hybridized carbons (Fsp3) is 0.125. The molecule has 3 N–H and O–H groups in total. The van der Waals surface area contributed by atoms with Crippen molar-refractivity contribution in [2.75, 3.05) is 7.11 Å². The fourth-order valence-electron chi connectivity index (χ4n) is 0.922. The highest BCUT2D eigenvalue weighted by Gasteiger charge is 2.10. The zero-order valence-electron chi connectivity index (χ0n) is 6.98. The minimum Gasteiger partial charge on any atom is -0.496 e. The van der Waals surface area contributed by atoms with Crippen LogP contribution in [-0.4, -0.2) is 18.2 Å². The van der Waals surface area contributed by atoms with Crippen LogP contribution < -0.4 is 9.88 Å². The number of rotatable bonds is 3. The molecule has 70 valence electrons. The number of carboxylic acids is 1. The highest BCUT2D eigenvalue weighted by atomic mass is 32.2. The molecule has 0 atom stereocenters. The molecule has 4 nitrogen and oxygen atoms in total. The average Bonchev–Trinajstić information content (AvgIpc) is 2.16. The second kappa shape index (κ2) is 4.15. The average molecular weight is 199 g/mol. The van der Waals surface area contributed by atoms with Crippen molar-refractivity contribution in [2.45, 2.75) is 4.90 Å². The summed E-state index contributed by atoms with van der Waals surface area (Å²) in [6.07, 6.45) is 0. The number of hydrogen-bond acceptors (Lipinski definition) is 4. The van der Waals surface area contributed by atoms with Crippen LogP contribution >= 0.6 is 11.9 Å². The van der Waals surface area contributed by atoms with Crippen molar-refractivity contribution in [1.82, 2.24) is 0 Å². The van der Waals surface area contributed by atoms with Gasteiger partial charge in [-0.25, -0.2) is 4.79 Å². The lowest BCUT2D eigenvalue weighted by Crippen LogP contribution is -2.00. The molecular formula is C8H9NO3S. The lowest BCUT2D eigenvalue weighted by Gasteiger charge is -2.05. The van der Waals surface area contributed by atoms with Crippen LogP contribution in [-0.2, 0) is 0 Å². The Morgan fingerprint density at radius 3 is 2.77 bits per heavy atom. The molecule has 1 aromatic rings. The van der Waals surface area contributed by atoms with Gasteiger partial charge in [-0.3, -0.25) is 5.14 Å². The molecule has 1 rings (SSSR count). The predicted molar refractivity (Wildman–Crippen MR) is 50.0 cm³/mol. The lowest BCUT2D eigenvalue weighted by molar-refractivity contribution is 0.0693. The van der Waals surface area contributed by atoms with Gasteiger partial charge in [0.25, 0.3) is 0 Å². The molecule has 5 heteroatoms. The first-order valence-corrected chi connectivity index (χ1v) is 4.35. The van der Waals surface area contributed by atoms with E-state index in [1.165, 1.54) is 13.2 Å². The first-order valence-electron chi connectivity index (χ1n) is 3.47. The van der Waals surface area contributed by atoms with Gasteiger partial charge in [-0.2, -0.15) is 0 Å². The van der Waals surface area contributed by atoms with E-state index in [1.807, 2.05) is 0 Å². The van der Waals surface area contributed by atoms with Crippen LogP contribution in [0.3, 0.4) is 0 Å². The standard InChI is InChI=1S/C8H9NO3S/c1-12-7-4-5(13-9)2-3-6(7)8(10)11/h2-4H,9H2,1H3,(H,10,11). The number of aromatic carboxylic acids is 1. The van der Waals surface area contributed by atoms with E-state index in [0.29, 0.717) is 5.75 Å². The minimum atomic E-state index is -1.01. The molecule has 13 heavy (non-hydrogen) atoms. The molecule has 0 amide bonds. The van der Waals surface area contributed by atoms with E-state index in [2.05, 4.69) is 0 Å². The molecule has 0 fully saturated rings. The van der Waals surface area contributed by atoms with E-state index in [9.17, 15) is 4.79 Å². The molecule has 0 saturated carbocycles. The molecule has 0 aliphatic carbocycles. The first kappa shape index (κ1) is 9.88. The Bertz CT molecular complexity index is 327. The zero-order valence-corrected chi connectivity index (χ0v) is 7.80. The van der Waals surface area contributed by atoms with Crippen LogP contribution in [0.15, 0.2) is 23.1 Å². The Morgan fingerprint density at radius 2 is 2.31 bits per heavy atom. The van der Waals surface area contributed by atoms with Gasteiger partial charge in [0.05, 0.1) is 7.11 Å². The van der Waals surface area contributed by atoms with Gasteiger partial charge in [0, 0.05) is 4.90 Å². The molecule has 0 aliphatic heterocycles. The maximum Gasteiger partial charge on any atom is 0.339 e. The van der Waals surface area contributed by atoms with Crippen molar-refractivity contribution in [3.05, 3.63) is 23.8 Å². The van der Waals surface area contributed by atoms with Gasteiger partial charge in [-0.15, -0.1) is 0 Å². The smallest absolute Gasteiger partial charge is 0.339 e. The van der Waals surface area contributed by atoms with E-state index in [0.717, 1.165) is 16.8 Å². The second-order valence-electron chi connectivity index (χ2n) is 2.29. The summed E-state index contributed by atoms with van der Waals surface area (Å²) >= 11 is 1.05. The SMILES string of the molecule is COc1cc(SN)ccc1C(=O)O. The van der Waals surface area contributed by atoms with Gasteiger partial charge in [0.2, 0.25) is 0 Å². The van der Waals surface area contributed by atoms with Crippen molar-refractivity contribution in [3.8, 4) is 5.75 Å². The Hall–Kier alpha value is -1.20. The molecule has 0 bridgehead atoms. The van der Waals surface area contributed by atoms with E-state index in [4.69, 9.17) is 15.0 Å². The molecular weight excluding hydrogens is 190 g/mol. The van der Waals surface area contributed by atoms with Crippen LogP contribution in [0.1, 0.15) is 10.4 Å². The fourth-order valence-corrected chi connectivity index (χ4v) is 1.24. The van der Waals surface area contributed by atoms with Gasteiger partial charge in [-0.05, 0) is 30.1 Å². The molecule has 0 saturated heterocycles. The van der Waals surface area contributed by atoms with Gasteiger partial charge < -0.3 is 9.84 Å². The molecule has 0 aliphatic rings. The molecule has 0 heterocycles. The highest BCUT2D eigenvalue weighted by Crippen LogP contribution is 2.23. The maximum absolute atomic E-state index is 10.7. The van der Waals surface area contributed by atoms with Gasteiger partial charge in [0.1, 0.15) is 11.3 Å². The number of nitrogens with two attached hydrogens (primary N) is 1. The van der Waals surface area contributed by atoms with Crippen molar-refractivity contribution >= 4 is 17.9 Å². The Kier molecular flexibility index (Phi) is 3.16. The summed E-state index contributed by atoms with van der Waals surface area (Å²) in [5.74, 6) is -0.687. The molecule has 1 aromatic carbocycles. The zero-order chi connectivity index (χ0) is 9.84. The van der Waals surface area contributed by atoms with Crippen molar-refractivity contribution in [1.29, 1.82) is 0 Å². The van der Waals surface area contributed by atoms with Crippen LogP contribution in [0.2, 0.25) is 0 Å². The van der Waals surface area contributed by atoms with Crippen LogP contribution in [0, 0.1) is 0 Å². The van der Waals surface area contributed by atoms with E-state index in [-0.39, 0.29) is 5.56 Å². The number of carboxylic acid groups (broad SMARTS) is 1. The van der Waals surface area contributed by atoms with Crippen molar-refractivity contribution < 1.29 is 14.6 Å². The Morgan fingerprint density at radius 1 is 1.62 bits per heavy atom.